The van der Waals surface area contributed by atoms with Crippen LogP contribution in [0.15, 0.2) is 0 Å². The molecule has 0 radical (unpaired) electrons. The Hall–Kier alpha value is -0.570. The Kier molecular flexibility index (Phi) is 2.05. The number of esters is 1. The maximum absolute atomic E-state index is 11.1. The Balaban J connectivity index is 1.72. The standard InChI is InChI=1S/C9H15NO2/c1-2-12-9(11)3-6-7-4-10-5-8(6)7/h6-8,10H,2-5H2,1H3/t6?,7-,8+. The Morgan fingerprint density at radius 1 is 1.50 bits per heavy atom. The highest BCUT2D eigenvalue weighted by molar-refractivity contribution is 5.70. The van der Waals surface area contributed by atoms with Crippen molar-refractivity contribution in [2.45, 2.75) is 13.3 Å². The number of ether oxygens (including phenoxy) is 1. The van der Waals surface area contributed by atoms with Crippen molar-refractivity contribution in [2.75, 3.05) is 19.7 Å². The van der Waals surface area contributed by atoms with Gasteiger partial charge in [0.05, 0.1) is 6.61 Å². The molecule has 0 spiro atoms. The molecule has 1 saturated carbocycles. The van der Waals surface area contributed by atoms with Gasteiger partial charge in [-0.05, 0) is 37.8 Å². The maximum atomic E-state index is 11.1. The predicted molar refractivity (Wildman–Crippen MR) is 44.6 cm³/mol. The molecule has 1 unspecified atom stereocenters. The number of rotatable bonds is 3. The summed E-state index contributed by atoms with van der Waals surface area (Å²) in [5.41, 5.74) is 0. The highest BCUT2D eigenvalue weighted by atomic mass is 16.5. The Bertz CT molecular complexity index is 183. The van der Waals surface area contributed by atoms with Crippen molar-refractivity contribution in [1.82, 2.24) is 5.32 Å². The van der Waals surface area contributed by atoms with Gasteiger partial charge in [0.15, 0.2) is 0 Å². The van der Waals surface area contributed by atoms with Gasteiger partial charge in [-0.1, -0.05) is 0 Å². The van der Waals surface area contributed by atoms with E-state index in [1.165, 1.54) is 0 Å². The number of hydrogen-bond donors (Lipinski definition) is 1. The van der Waals surface area contributed by atoms with E-state index < -0.39 is 0 Å². The van der Waals surface area contributed by atoms with Gasteiger partial charge in [0.1, 0.15) is 0 Å². The first kappa shape index (κ1) is 8.05. The molecule has 0 aromatic rings. The molecule has 1 aliphatic heterocycles. The largest absolute Gasteiger partial charge is 0.466 e. The van der Waals surface area contributed by atoms with Crippen LogP contribution in [0.25, 0.3) is 0 Å². The summed E-state index contributed by atoms with van der Waals surface area (Å²) in [6.07, 6.45) is 0.644. The molecule has 1 heterocycles. The predicted octanol–water partition coefficient (Wildman–Crippen LogP) is 0.405. The van der Waals surface area contributed by atoms with E-state index in [1.54, 1.807) is 0 Å². The molecular formula is C9H15NO2. The minimum absolute atomic E-state index is 0.0168. The lowest BCUT2D eigenvalue weighted by Crippen LogP contribution is -2.16. The third kappa shape index (κ3) is 1.33. The van der Waals surface area contributed by atoms with Crippen LogP contribution in [0.5, 0.6) is 0 Å². The van der Waals surface area contributed by atoms with Crippen LogP contribution in [0.2, 0.25) is 0 Å². The van der Waals surface area contributed by atoms with Gasteiger partial charge in [-0.3, -0.25) is 4.79 Å². The van der Waals surface area contributed by atoms with Crippen LogP contribution in [0.4, 0.5) is 0 Å². The minimum Gasteiger partial charge on any atom is -0.466 e. The first-order chi connectivity index (χ1) is 5.83. The smallest absolute Gasteiger partial charge is 0.306 e. The Morgan fingerprint density at radius 2 is 2.17 bits per heavy atom. The van der Waals surface area contributed by atoms with E-state index >= 15 is 0 Å². The zero-order chi connectivity index (χ0) is 8.55. The molecule has 0 aromatic carbocycles. The first-order valence-corrected chi connectivity index (χ1v) is 4.69. The number of nitrogens with one attached hydrogen (secondary N) is 1. The number of carbonyl (C=O) groups excluding carboxylic acids is 1. The van der Waals surface area contributed by atoms with Crippen molar-refractivity contribution in [3.8, 4) is 0 Å². The summed E-state index contributed by atoms with van der Waals surface area (Å²) < 4.78 is 4.90. The number of piperidine rings is 1. The normalized spacial score (nSPS) is 37.6. The number of hydrogen-bond acceptors (Lipinski definition) is 3. The molecule has 2 aliphatic rings. The van der Waals surface area contributed by atoms with Gasteiger partial charge in [0, 0.05) is 6.42 Å². The summed E-state index contributed by atoms with van der Waals surface area (Å²) >= 11 is 0. The quantitative estimate of drug-likeness (QED) is 0.622. The highest BCUT2D eigenvalue weighted by Gasteiger charge is 2.53. The average Bonchev–Trinajstić information content (AvgIpc) is 2.51. The van der Waals surface area contributed by atoms with E-state index in [1.807, 2.05) is 6.92 Å². The highest BCUT2D eigenvalue weighted by Crippen LogP contribution is 2.50. The molecule has 3 heteroatoms. The molecule has 1 N–H and O–H groups in total. The van der Waals surface area contributed by atoms with Gasteiger partial charge >= 0.3 is 5.97 Å². The SMILES string of the molecule is CCOC(=O)CC1[C@H]2CNC[C@@H]12. The van der Waals surface area contributed by atoms with Crippen LogP contribution in [-0.4, -0.2) is 25.7 Å². The zero-order valence-corrected chi connectivity index (χ0v) is 7.38. The Labute approximate surface area is 72.5 Å². The van der Waals surface area contributed by atoms with Crippen molar-refractivity contribution in [3.05, 3.63) is 0 Å². The van der Waals surface area contributed by atoms with E-state index in [9.17, 15) is 4.79 Å². The first-order valence-electron chi connectivity index (χ1n) is 4.69. The summed E-state index contributed by atoms with van der Waals surface area (Å²) in [7, 11) is 0. The number of fused-ring (bicyclic) bond motifs is 1. The molecule has 1 saturated heterocycles. The van der Waals surface area contributed by atoms with Crippen molar-refractivity contribution < 1.29 is 9.53 Å². The Morgan fingerprint density at radius 3 is 2.75 bits per heavy atom. The lowest BCUT2D eigenvalue weighted by molar-refractivity contribution is -0.143. The molecule has 68 valence electrons. The fourth-order valence-electron chi connectivity index (χ4n) is 2.26. The van der Waals surface area contributed by atoms with Gasteiger partial charge in [0.2, 0.25) is 0 Å². The zero-order valence-electron chi connectivity index (χ0n) is 7.38. The molecule has 12 heavy (non-hydrogen) atoms. The summed E-state index contributed by atoms with van der Waals surface area (Å²) in [4.78, 5) is 11.1. The lowest BCUT2D eigenvalue weighted by Gasteiger charge is -2.03. The maximum Gasteiger partial charge on any atom is 0.306 e. The summed E-state index contributed by atoms with van der Waals surface area (Å²) in [6.45, 7) is 4.58. The van der Waals surface area contributed by atoms with Crippen LogP contribution >= 0.6 is 0 Å². The summed E-state index contributed by atoms with van der Waals surface area (Å²) in [5, 5.41) is 3.30. The van der Waals surface area contributed by atoms with Gasteiger partial charge < -0.3 is 10.1 Å². The van der Waals surface area contributed by atoms with Crippen LogP contribution in [0.3, 0.4) is 0 Å². The van der Waals surface area contributed by atoms with Gasteiger partial charge in [-0.2, -0.15) is 0 Å². The molecule has 3 nitrogen and oxygen atoms in total. The molecule has 2 fully saturated rings. The fourth-order valence-corrected chi connectivity index (χ4v) is 2.26. The van der Waals surface area contributed by atoms with Crippen LogP contribution in [-0.2, 0) is 9.53 Å². The second kappa shape index (κ2) is 3.05. The second-order valence-electron chi connectivity index (χ2n) is 3.66. The van der Waals surface area contributed by atoms with Gasteiger partial charge in [-0.15, -0.1) is 0 Å². The molecule has 0 bridgehead atoms. The van der Waals surface area contributed by atoms with Gasteiger partial charge in [-0.25, -0.2) is 0 Å². The van der Waals surface area contributed by atoms with E-state index in [-0.39, 0.29) is 5.97 Å². The van der Waals surface area contributed by atoms with E-state index in [2.05, 4.69) is 5.32 Å². The third-order valence-electron chi connectivity index (χ3n) is 2.98. The summed E-state index contributed by atoms with van der Waals surface area (Å²) in [6, 6.07) is 0. The van der Waals surface area contributed by atoms with E-state index in [4.69, 9.17) is 4.74 Å². The minimum atomic E-state index is -0.0168. The fraction of sp³-hybridized carbons (Fsp3) is 0.889. The molecule has 1 aliphatic carbocycles. The number of carbonyl (C=O) groups is 1. The van der Waals surface area contributed by atoms with Crippen molar-refractivity contribution >= 4 is 5.97 Å². The van der Waals surface area contributed by atoms with Gasteiger partial charge in [0.25, 0.3) is 0 Å². The second-order valence-corrected chi connectivity index (χ2v) is 3.66. The molecular weight excluding hydrogens is 154 g/mol. The molecule has 2 rings (SSSR count). The van der Waals surface area contributed by atoms with E-state index in [0.29, 0.717) is 18.9 Å². The van der Waals surface area contributed by atoms with Crippen LogP contribution in [0.1, 0.15) is 13.3 Å². The van der Waals surface area contributed by atoms with Crippen molar-refractivity contribution in [3.63, 3.8) is 0 Å². The molecule has 0 amide bonds. The van der Waals surface area contributed by atoms with Crippen molar-refractivity contribution in [1.29, 1.82) is 0 Å². The topological polar surface area (TPSA) is 38.3 Å². The van der Waals surface area contributed by atoms with E-state index in [0.717, 1.165) is 24.9 Å². The molecule has 0 aromatic heterocycles. The van der Waals surface area contributed by atoms with Crippen molar-refractivity contribution in [2.24, 2.45) is 17.8 Å². The van der Waals surface area contributed by atoms with Crippen LogP contribution < -0.4 is 5.32 Å². The average molecular weight is 169 g/mol. The monoisotopic (exact) mass is 169 g/mol. The van der Waals surface area contributed by atoms with Crippen LogP contribution in [0, 0.1) is 17.8 Å². The molecule has 3 atom stereocenters. The summed E-state index contributed by atoms with van der Waals surface area (Å²) in [5.74, 6) is 2.16. The lowest BCUT2D eigenvalue weighted by atomic mass is 10.2. The third-order valence-corrected chi connectivity index (χ3v) is 2.98.